The number of carboxylic acids is 1. The molecule has 1 N–H and O–H groups in total. The molecule has 2 rings (SSSR count). The molecule has 1 fully saturated rings. The van der Waals surface area contributed by atoms with Gasteiger partial charge in [-0.2, -0.15) is 0 Å². The Hall–Kier alpha value is -1.46. The van der Waals surface area contributed by atoms with Gasteiger partial charge in [0.2, 0.25) is 0 Å². The molecule has 0 amide bonds. The predicted molar refractivity (Wildman–Crippen MR) is 68.6 cm³/mol. The first kappa shape index (κ1) is 13.0. The quantitative estimate of drug-likeness (QED) is 0.863. The standard InChI is InChI=1S/C13H19N3O2/c1-10-8-15(2)6-7-16(10)9-11-4-3-5-12(14-11)13(17)18/h3-5,10H,6-9H2,1-2H3,(H,17,18). The molecule has 5 heteroatoms. The Kier molecular flexibility index (Phi) is 3.93. The van der Waals surface area contributed by atoms with Crippen molar-refractivity contribution >= 4 is 5.97 Å². The summed E-state index contributed by atoms with van der Waals surface area (Å²) < 4.78 is 0. The molecule has 0 aromatic carbocycles. The first-order valence-corrected chi connectivity index (χ1v) is 6.18. The lowest BCUT2D eigenvalue weighted by Crippen LogP contribution is -2.49. The van der Waals surface area contributed by atoms with E-state index in [1.54, 1.807) is 6.07 Å². The lowest BCUT2D eigenvalue weighted by Gasteiger charge is -2.37. The highest BCUT2D eigenvalue weighted by Gasteiger charge is 2.21. The molecule has 0 aliphatic carbocycles. The smallest absolute Gasteiger partial charge is 0.354 e. The van der Waals surface area contributed by atoms with E-state index < -0.39 is 5.97 Å². The maximum Gasteiger partial charge on any atom is 0.354 e. The highest BCUT2D eigenvalue weighted by molar-refractivity contribution is 5.85. The van der Waals surface area contributed by atoms with Crippen LogP contribution in [0.25, 0.3) is 0 Å². The molecule has 2 heterocycles. The summed E-state index contributed by atoms with van der Waals surface area (Å²) in [5.41, 5.74) is 0.945. The summed E-state index contributed by atoms with van der Waals surface area (Å²) in [4.78, 5) is 19.7. The summed E-state index contributed by atoms with van der Waals surface area (Å²) in [6, 6.07) is 5.64. The molecule has 1 aromatic rings. The summed E-state index contributed by atoms with van der Waals surface area (Å²) in [5.74, 6) is -0.969. The Morgan fingerprint density at radius 1 is 1.50 bits per heavy atom. The average molecular weight is 249 g/mol. The van der Waals surface area contributed by atoms with Gasteiger partial charge in [-0.25, -0.2) is 9.78 Å². The van der Waals surface area contributed by atoms with E-state index in [4.69, 9.17) is 5.11 Å². The third-order valence-electron chi connectivity index (χ3n) is 3.36. The second-order valence-electron chi connectivity index (χ2n) is 4.90. The van der Waals surface area contributed by atoms with Crippen LogP contribution in [0, 0.1) is 0 Å². The minimum atomic E-state index is -0.969. The molecule has 1 unspecified atom stereocenters. The fraction of sp³-hybridized carbons (Fsp3) is 0.538. The van der Waals surface area contributed by atoms with Gasteiger partial charge in [0.25, 0.3) is 0 Å². The van der Waals surface area contributed by atoms with Crippen LogP contribution in [0.1, 0.15) is 23.1 Å². The van der Waals surface area contributed by atoms with E-state index in [0.717, 1.165) is 31.9 Å². The average Bonchev–Trinajstić information content (AvgIpc) is 2.33. The third-order valence-corrected chi connectivity index (χ3v) is 3.36. The molecular formula is C13H19N3O2. The number of hydrogen-bond donors (Lipinski definition) is 1. The molecule has 0 radical (unpaired) electrons. The lowest BCUT2D eigenvalue weighted by molar-refractivity contribution is 0.0688. The second kappa shape index (κ2) is 5.46. The van der Waals surface area contributed by atoms with Crippen molar-refractivity contribution in [2.75, 3.05) is 26.7 Å². The van der Waals surface area contributed by atoms with E-state index in [2.05, 4.69) is 28.8 Å². The number of aromatic carboxylic acids is 1. The van der Waals surface area contributed by atoms with Crippen molar-refractivity contribution in [2.45, 2.75) is 19.5 Å². The van der Waals surface area contributed by atoms with Crippen LogP contribution in [-0.4, -0.2) is 58.6 Å². The normalized spacial score (nSPS) is 22.0. The number of hydrogen-bond acceptors (Lipinski definition) is 4. The van der Waals surface area contributed by atoms with Crippen LogP contribution < -0.4 is 0 Å². The van der Waals surface area contributed by atoms with Gasteiger partial charge < -0.3 is 10.0 Å². The van der Waals surface area contributed by atoms with E-state index in [1.165, 1.54) is 6.07 Å². The second-order valence-corrected chi connectivity index (χ2v) is 4.90. The van der Waals surface area contributed by atoms with Gasteiger partial charge in [-0.15, -0.1) is 0 Å². The molecule has 0 saturated carbocycles. The largest absolute Gasteiger partial charge is 0.477 e. The number of piperazine rings is 1. The monoisotopic (exact) mass is 249 g/mol. The Balaban J connectivity index is 2.05. The molecule has 5 nitrogen and oxygen atoms in total. The summed E-state index contributed by atoms with van der Waals surface area (Å²) >= 11 is 0. The summed E-state index contributed by atoms with van der Waals surface area (Å²) in [5, 5.41) is 8.92. The van der Waals surface area contributed by atoms with Crippen LogP contribution >= 0.6 is 0 Å². The van der Waals surface area contributed by atoms with Crippen molar-refractivity contribution in [1.82, 2.24) is 14.8 Å². The minimum absolute atomic E-state index is 0.120. The molecule has 1 aliphatic heterocycles. The van der Waals surface area contributed by atoms with Crippen molar-refractivity contribution in [3.8, 4) is 0 Å². The summed E-state index contributed by atoms with van der Waals surface area (Å²) in [7, 11) is 2.12. The van der Waals surface area contributed by atoms with E-state index >= 15 is 0 Å². The molecule has 1 atom stereocenters. The highest BCUT2D eigenvalue weighted by Crippen LogP contribution is 2.12. The fourth-order valence-electron chi connectivity index (χ4n) is 2.31. The number of carbonyl (C=O) groups is 1. The first-order valence-electron chi connectivity index (χ1n) is 6.18. The SMILES string of the molecule is CC1CN(C)CCN1Cc1cccc(C(=O)O)n1. The molecule has 1 aliphatic rings. The fourth-order valence-corrected chi connectivity index (χ4v) is 2.31. The van der Waals surface area contributed by atoms with Crippen molar-refractivity contribution in [2.24, 2.45) is 0 Å². The third kappa shape index (κ3) is 3.05. The summed E-state index contributed by atoms with van der Waals surface area (Å²) in [6.45, 7) is 5.99. The zero-order valence-electron chi connectivity index (χ0n) is 10.8. The Bertz CT molecular complexity index is 436. The van der Waals surface area contributed by atoms with Crippen LogP contribution in [-0.2, 0) is 6.54 Å². The topological polar surface area (TPSA) is 56.7 Å². The molecule has 1 aromatic heterocycles. The molecular weight excluding hydrogens is 230 g/mol. The highest BCUT2D eigenvalue weighted by atomic mass is 16.4. The van der Waals surface area contributed by atoms with Crippen molar-refractivity contribution in [3.05, 3.63) is 29.6 Å². The van der Waals surface area contributed by atoms with Gasteiger partial charge in [-0.3, -0.25) is 4.90 Å². The van der Waals surface area contributed by atoms with Crippen LogP contribution in [0.5, 0.6) is 0 Å². The van der Waals surface area contributed by atoms with E-state index in [0.29, 0.717) is 6.04 Å². The van der Waals surface area contributed by atoms with Gasteiger partial charge in [0.1, 0.15) is 5.69 Å². The maximum absolute atomic E-state index is 10.9. The molecule has 18 heavy (non-hydrogen) atoms. The molecule has 0 spiro atoms. The number of nitrogens with zero attached hydrogens (tertiary/aromatic N) is 3. The van der Waals surface area contributed by atoms with Gasteiger partial charge in [0.15, 0.2) is 0 Å². The minimum Gasteiger partial charge on any atom is -0.477 e. The predicted octanol–water partition coefficient (Wildman–Crippen LogP) is 0.916. The van der Waals surface area contributed by atoms with Crippen molar-refractivity contribution < 1.29 is 9.90 Å². The number of likely N-dealkylation sites (N-methyl/N-ethyl adjacent to an activating group) is 1. The van der Waals surface area contributed by atoms with E-state index in [1.807, 2.05) is 6.07 Å². The van der Waals surface area contributed by atoms with E-state index in [-0.39, 0.29) is 5.69 Å². The molecule has 0 bridgehead atoms. The Labute approximate surface area is 107 Å². The number of rotatable bonds is 3. The van der Waals surface area contributed by atoms with Gasteiger partial charge >= 0.3 is 5.97 Å². The summed E-state index contributed by atoms with van der Waals surface area (Å²) in [6.07, 6.45) is 0. The van der Waals surface area contributed by atoms with Gasteiger partial charge in [0, 0.05) is 32.2 Å². The van der Waals surface area contributed by atoms with Crippen LogP contribution in [0.15, 0.2) is 18.2 Å². The number of pyridine rings is 1. The molecule has 1 saturated heterocycles. The van der Waals surface area contributed by atoms with Crippen molar-refractivity contribution in [1.29, 1.82) is 0 Å². The van der Waals surface area contributed by atoms with Gasteiger partial charge in [0.05, 0.1) is 5.69 Å². The van der Waals surface area contributed by atoms with E-state index in [9.17, 15) is 4.79 Å². The number of aromatic nitrogens is 1. The van der Waals surface area contributed by atoms with Gasteiger partial charge in [-0.05, 0) is 26.1 Å². The Morgan fingerprint density at radius 3 is 2.94 bits per heavy atom. The zero-order chi connectivity index (χ0) is 13.1. The van der Waals surface area contributed by atoms with Crippen LogP contribution in [0.2, 0.25) is 0 Å². The van der Waals surface area contributed by atoms with Gasteiger partial charge in [-0.1, -0.05) is 6.07 Å². The Morgan fingerprint density at radius 2 is 2.28 bits per heavy atom. The van der Waals surface area contributed by atoms with Crippen LogP contribution in [0.3, 0.4) is 0 Å². The van der Waals surface area contributed by atoms with Crippen molar-refractivity contribution in [3.63, 3.8) is 0 Å². The maximum atomic E-state index is 10.9. The van der Waals surface area contributed by atoms with Crippen LogP contribution in [0.4, 0.5) is 0 Å². The number of carboxylic acid groups (broad SMARTS) is 1. The molecule has 98 valence electrons. The zero-order valence-corrected chi connectivity index (χ0v) is 10.8. The lowest BCUT2D eigenvalue weighted by atomic mass is 10.2. The first-order chi connectivity index (χ1) is 8.56.